The van der Waals surface area contributed by atoms with Gasteiger partial charge in [0.05, 0.1) is 18.1 Å². The average molecular weight is 609 g/mol. The highest BCUT2D eigenvalue weighted by molar-refractivity contribution is 5.91. The molecule has 1 aliphatic carbocycles. The molecule has 0 heterocycles. The lowest BCUT2D eigenvalue weighted by Crippen LogP contribution is -2.56. The summed E-state index contributed by atoms with van der Waals surface area (Å²) in [7, 11) is 3.51. The number of nitrogens with zero attached hydrogens (tertiary/aromatic N) is 1. The number of amides is 3. The van der Waals surface area contributed by atoms with Crippen LogP contribution < -0.4 is 16.0 Å². The number of rotatable bonds is 19. The predicted molar refractivity (Wildman–Crippen MR) is 173 cm³/mol. The van der Waals surface area contributed by atoms with Crippen molar-refractivity contribution in [2.75, 3.05) is 27.2 Å². The zero-order valence-corrected chi connectivity index (χ0v) is 26.5. The number of hydrogen-bond acceptors (Lipinski definition) is 6. The molecule has 0 radical (unpaired) electrons. The Bertz CT molecular complexity index is 1090. The number of benzene rings is 1. The molecule has 242 valence electrons. The van der Waals surface area contributed by atoms with E-state index in [1.165, 1.54) is 6.42 Å². The van der Waals surface area contributed by atoms with Gasteiger partial charge in [0.25, 0.3) is 0 Å². The van der Waals surface area contributed by atoms with Gasteiger partial charge >= 0.3 is 0 Å². The molecule has 0 aromatic heterocycles. The molecular weight excluding hydrogens is 556 g/mol. The van der Waals surface area contributed by atoms with Gasteiger partial charge in [0.1, 0.15) is 12.1 Å². The SMILES string of the molecule is C#CCCC(NC(=O)C(CC(=O)N(C)CCNC)Cc1ccccc1)C(=O)NC(CC1CCCCC1)C(O)C(O)CCC#C. The van der Waals surface area contributed by atoms with Crippen molar-refractivity contribution >= 4 is 17.7 Å². The molecule has 1 fully saturated rings. The Kier molecular flexibility index (Phi) is 17.2. The van der Waals surface area contributed by atoms with E-state index in [-0.39, 0.29) is 31.6 Å². The first-order valence-corrected chi connectivity index (χ1v) is 16.0. The van der Waals surface area contributed by atoms with Crippen LogP contribution in [0.2, 0.25) is 0 Å². The van der Waals surface area contributed by atoms with Crippen LogP contribution in [-0.2, 0) is 20.8 Å². The summed E-state index contributed by atoms with van der Waals surface area (Å²) >= 11 is 0. The smallest absolute Gasteiger partial charge is 0.242 e. The van der Waals surface area contributed by atoms with E-state index in [9.17, 15) is 24.6 Å². The number of hydrogen-bond donors (Lipinski definition) is 5. The fourth-order valence-corrected chi connectivity index (χ4v) is 5.73. The van der Waals surface area contributed by atoms with Gasteiger partial charge < -0.3 is 31.1 Å². The summed E-state index contributed by atoms with van der Waals surface area (Å²) < 4.78 is 0. The van der Waals surface area contributed by atoms with Gasteiger partial charge in [-0.15, -0.1) is 24.7 Å². The lowest BCUT2D eigenvalue weighted by molar-refractivity contribution is -0.137. The van der Waals surface area contributed by atoms with Gasteiger partial charge in [0, 0.05) is 39.4 Å². The van der Waals surface area contributed by atoms with Crippen molar-refractivity contribution in [2.45, 2.75) is 101 Å². The standard InChI is InChI=1S/C35H52N4O5/c1-5-7-19-29(35(44)38-30(24-27-17-13-10-14-18-27)33(42)31(40)20-8-6-2)37-34(43)28(23-26-15-11-9-12-16-26)25-32(41)39(4)22-21-36-3/h1-2,9,11-12,15-16,27-31,33,36,40,42H,7-8,10,13-14,17-25H2,3-4H3,(H,37,43)(H,38,44). The molecule has 0 spiro atoms. The van der Waals surface area contributed by atoms with E-state index in [1.807, 2.05) is 37.4 Å². The van der Waals surface area contributed by atoms with E-state index >= 15 is 0 Å². The normalized spacial score (nSPS) is 16.8. The molecule has 5 atom stereocenters. The Hall–Kier alpha value is -3.37. The van der Waals surface area contributed by atoms with Crippen molar-refractivity contribution < 1.29 is 24.6 Å². The second-order valence-electron chi connectivity index (χ2n) is 12.0. The van der Waals surface area contributed by atoms with E-state index in [2.05, 4.69) is 27.8 Å². The van der Waals surface area contributed by atoms with Crippen molar-refractivity contribution in [3.05, 3.63) is 35.9 Å². The fraction of sp³-hybridized carbons (Fsp3) is 0.629. The molecule has 1 aromatic carbocycles. The van der Waals surface area contributed by atoms with Crippen LogP contribution in [0, 0.1) is 36.5 Å². The van der Waals surface area contributed by atoms with Crippen LogP contribution in [0.5, 0.6) is 0 Å². The monoisotopic (exact) mass is 608 g/mol. The van der Waals surface area contributed by atoms with Crippen molar-refractivity contribution in [1.82, 2.24) is 20.9 Å². The highest BCUT2D eigenvalue weighted by Gasteiger charge is 2.34. The Labute approximate surface area is 263 Å². The van der Waals surface area contributed by atoms with E-state index in [1.54, 1.807) is 11.9 Å². The lowest BCUT2D eigenvalue weighted by Gasteiger charge is -2.33. The fourth-order valence-electron chi connectivity index (χ4n) is 5.73. The molecule has 5 N–H and O–H groups in total. The zero-order valence-electron chi connectivity index (χ0n) is 26.5. The molecule has 1 saturated carbocycles. The minimum Gasteiger partial charge on any atom is -0.390 e. The topological polar surface area (TPSA) is 131 Å². The number of aliphatic hydroxyl groups excluding tert-OH is 2. The first-order chi connectivity index (χ1) is 21.2. The van der Waals surface area contributed by atoms with E-state index in [0.29, 0.717) is 38.3 Å². The third-order valence-corrected chi connectivity index (χ3v) is 8.48. The highest BCUT2D eigenvalue weighted by atomic mass is 16.3. The summed E-state index contributed by atoms with van der Waals surface area (Å²) in [4.78, 5) is 42.1. The largest absolute Gasteiger partial charge is 0.390 e. The minimum absolute atomic E-state index is 0.0190. The molecule has 0 bridgehead atoms. The zero-order chi connectivity index (χ0) is 32.3. The summed E-state index contributed by atoms with van der Waals surface area (Å²) in [6.45, 7) is 1.12. The van der Waals surface area contributed by atoms with Gasteiger partial charge in [-0.1, -0.05) is 62.4 Å². The Morgan fingerprint density at radius 3 is 2.27 bits per heavy atom. The summed E-state index contributed by atoms with van der Waals surface area (Å²) in [6, 6.07) is 7.76. The van der Waals surface area contributed by atoms with Crippen molar-refractivity contribution in [1.29, 1.82) is 0 Å². The third kappa shape index (κ3) is 13.1. The van der Waals surface area contributed by atoms with Crippen molar-refractivity contribution in [3.63, 3.8) is 0 Å². The molecule has 9 nitrogen and oxygen atoms in total. The number of nitrogens with one attached hydrogen (secondary N) is 3. The van der Waals surface area contributed by atoms with Crippen LogP contribution in [0.15, 0.2) is 30.3 Å². The van der Waals surface area contributed by atoms with Gasteiger partial charge in [-0.3, -0.25) is 14.4 Å². The summed E-state index contributed by atoms with van der Waals surface area (Å²) in [5.41, 5.74) is 0.902. The Balaban J connectivity index is 2.24. The molecule has 0 aliphatic heterocycles. The van der Waals surface area contributed by atoms with Gasteiger partial charge in [-0.25, -0.2) is 0 Å². The molecule has 1 aliphatic rings. The van der Waals surface area contributed by atoms with E-state index in [4.69, 9.17) is 12.8 Å². The van der Waals surface area contributed by atoms with Crippen LogP contribution in [-0.4, -0.2) is 84.3 Å². The molecule has 9 heteroatoms. The summed E-state index contributed by atoms with van der Waals surface area (Å²) in [5.74, 6) is 3.55. The number of aliphatic hydroxyl groups is 2. The number of carbonyl (C=O) groups excluding carboxylic acids is 3. The van der Waals surface area contributed by atoms with Gasteiger partial charge in [0.15, 0.2) is 0 Å². The molecule has 2 rings (SSSR count). The summed E-state index contributed by atoms with van der Waals surface area (Å²) in [5, 5.41) is 30.6. The van der Waals surface area contributed by atoms with Crippen molar-refractivity contribution in [3.8, 4) is 24.7 Å². The highest BCUT2D eigenvalue weighted by Crippen LogP contribution is 2.29. The van der Waals surface area contributed by atoms with Crippen LogP contribution in [0.4, 0.5) is 0 Å². The second-order valence-corrected chi connectivity index (χ2v) is 12.0. The summed E-state index contributed by atoms with van der Waals surface area (Å²) in [6.07, 6.45) is 15.7. The molecular formula is C35H52N4O5. The number of carbonyl (C=O) groups is 3. The predicted octanol–water partition coefficient (Wildman–Crippen LogP) is 2.40. The van der Waals surface area contributed by atoms with E-state index in [0.717, 1.165) is 31.2 Å². The lowest BCUT2D eigenvalue weighted by atomic mass is 9.82. The van der Waals surface area contributed by atoms with Gasteiger partial charge in [0.2, 0.25) is 17.7 Å². The third-order valence-electron chi connectivity index (χ3n) is 8.48. The van der Waals surface area contributed by atoms with Crippen LogP contribution in [0.1, 0.15) is 76.2 Å². The molecule has 5 unspecified atom stereocenters. The van der Waals surface area contributed by atoms with Gasteiger partial charge in [-0.2, -0.15) is 0 Å². The minimum atomic E-state index is -1.21. The van der Waals surface area contributed by atoms with Crippen LogP contribution in [0.25, 0.3) is 0 Å². The molecule has 3 amide bonds. The first kappa shape index (κ1) is 36.8. The maximum absolute atomic E-state index is 13.7. The first-order valence-electron chi connectivity index (χ1n) is 16.0. The second kappa shape index (κ2) is 20.6. The van der Waals surface area contributed by atoms with Crippen LogP contribution in [0.3, 0.4) is 0 Å². The Morgan fingerprint density at radius 1 is 0.977 bits per heavy atom. The molecule has 1 aromatic rings. The maximum Gasteiger partial charge on any atom is 0.242 e. The average Bonchev–Trinajstić information content (AvgIpc) is 3.04. The van der Waals surface area contributed by atoms with Crippen LogP contribution >= 0.6 is 0 Å². The maximum atomic E-state index is 13.7. The van der Waals surface area contributed by atoms with E-state index < -0.39 is 42.0 Å². The number of likely N-dealkylation sites (N-methyl/N-ethyl adjacent to an activating group) is 2. The number of terminal acetylenes is 2. The van der Waals surface area contributed by atoms with Gasteiger partial charge in [-0.05, 0) is 44.2 Å². The Morgan fingerprint density at radius 2 is 1.64 bits per heavy atom. The quantitative estimate of drug-likeness (QED) is 0.153. The molecule has 44 heavy (non-hydrogen) atoms. The van der Waals surface area contributed by atoms with Crippen molar-refractivity contribution in [2.24, 2.45) is 11.8 Å². The molecule has 0 saturated heterocycles.